The zero-order valence-electron chi connectivity index (χ0n) is 23.8. The van der Waals surface area contributed by atoms with Gasteiger partial charge < -0.3 is 14.8 Å². The van der Waals surface area contributed by atoms with Crippen LogP contribution in [0.15, 0.2) is 113 Å². The lowest BCUT2D eigenvalue weighted by molar-refractivity contribution is -0.123. The molecular weight excluding hydrogens is 568 g/mol. The molecule has 0 aromatic heterocycles. The first-order valence-corrected chi connectivity index (χ1v) is 14.8. The van der Waals surface area contributed by atoms with Crippen LogP contribution in [-0.2, 0) is 26.2 Å². The summed E-state index contributed by atoms with van der Waals surface area (Å²) in [6.45, 7) is 1.68. The highest BCUT2D eigenvalue weighted by molar-refractivity contribution is 7.92. The molecule has 2 N–H and O–H groups in total. The van der Waals surface area contributed by atoms with E-state index in [-0.39, 0.29) is 17.4 Å². The van der Waals surface area contributed by atoms with E-state index in [1.165, 1.54) is 25.5 Å². The third-order valence-electron chi connectivity index (χ3n) is 6.24. The molecule has 0 heterocycles. The summed E-state index contributed by atoms with van der Waals surface area (Å²) in [6.07, 6.45) is 1.42. The largest absolute Gasteiger partial charge is 0.497 e. The Kier molecular flexibility index (Phi) is 10.5. The van der Waals surface area contributed by atoms with Gasteiger partial charge in [0.1, 0.15) is 18.0 Å². The van der Waals surface area contributed by atoms with E-state index in [9.17, 15) is 18.0 Å². The Bertz CT molecular complexity index is 1640. The second-order valence-electron chi connectivity index (χ2n) is 9.44. The second-order valence-corrected chi connectivity index (χ2v) is 11.3. The average Bonchev–Trinajstić information content (AvgIpc) is 3.03. The number of nitrogens with one attached hydrogen (secondary N) is 2. The summed E-state index contributed by atoms with van der Waals surface area (Å²) < 4.78 is 38.7. The van der Waals surface area contributed by atoms with Gasteiger partial charge in [0.2, 0.25) is 0 Å². The highest BCUT2D eigenvalue weighted by atomic mass is 32.2. The van der Waals surface area contributed by atoms with E-state index in [1.54, 1.807) is 60.7 Å². The van der Waals surface area contributed by atoms with Crippen LogP contribution in [0.1, 0.15) is 16.7 Å². The standard InChI is InChI=1S/C32H32N4O6S/c1-24-8-12-27(13-9-24)36(43(39,40)30-18-16-28(41-2)17-19-30)22-31(37)35-34-21-26-10-14-29(15-11-26)42-23-32(38)33-20-25-6-4-3-5-7-25/h3-19,21H,20,22-23H2,1-2H3,(H,33,38)(H,35,37)/b34-21-. The van der Waals surface area contributed by atoms with Crippen LogP contribution in [0.2, 0.25) is 0 Å². The predicted molar refractivity (Wildman–Crippen MR) is 165 cm³/mol. The Morgan fingerprint density at radius 3 is 2.14 bits per heavy atom. The number of amides is 2. The maximum Gasteiger partial charge on any atom is 0.264 e. The Morgan fingerprint density at radius 2 is 1.49 bits per heavy atom. The van der Waals surface area contributed by atoms with Crippen molar-refractivity contribution in [2.45, 2.75) is 18.4 Å². The van der Waals surface area contributed by atoms with E-state index in [0.29, 0.717) is 29.3 Å². The van der Waals surface area contributed by atoms with Crippen LogP contribution in [0.3, 0.4) is 0 Å². The number of hydrogen-bond acceptors (Lipinski definition) is 7. The molecule has 222 valence electrons. The van der Waals surface area contributed by atoms with Crippen LogP contribution in [-0.4, -0.2) is 46.7 Å². The zero-order valence-corrected chi connectivity index (χ0v) is 24.6. The number of carbonyl (C=O) groups excluding carboxylic acids is 2. The lowest BCUT2D eigenvalue weighted by atomic mass is 10.2. The first kappa shape index (κ1) is 30.8. The fourth-order valence-corrected chi connectivity index (χ4v) is 5.31. The molecule has 2 amide bonds. The molecule has 0 spiro atoms. The Morgan fingerprint density at radius 1 is 0.837 bits per heavy atom. The number of rotatable bonds is 13. The number of ether oxygens (including phenoxy) is 2. The Balaban J connectivity index is 1.33. The fourth-order valence-electron chi connectivity index (χ4n) is 3.89. The highest BCUT2D eigenvalue weighted by Gasteiger charge is 2.27. The van der Waals surface area contributed by atoms with E-state index in [1.807, 2.05) is 37.3 Å². The minimum Gasteiger partial charge on any atom is -0.497 e. The third kappa shape index (κ3) is 8.91. The Labute approximate surface area is 251 Å². The summed E-state index contributed by atoms with van der Waals surface area (Å²) in [5, 5.41) is 6.77. The van der Waals surface area contributed by atoms with Crippen molar-refractivity contribution < 1.29 is 27.5 Å². The van der Waals surface area contributed by atoms with Gasteiger partial charge in [-0.2, -0.15) is 5.10 Å². The van der Waals surface area contributed by atoms with Gasteiger partial charge >= 0.3 is 0 Å². The van der Waals surface area contributed by atoms with Gasteiger partial charge in [0.25, 0.3) is 21.8 Å². The number of methoxy groups -OCH3 is 1. The number of benzene rings is 4. The molecule has 0 saturated carbocycles. The number of carbonyl (C=O) groups is 2. The highest BCUT2D eigenvalue weighted by Crippen LogP contribution is 2.25. The summed E-state index contributed by atoms with van der Waals surface area (Å²) in [6, 6.07) is 29.1. The molecule has 11 heteroatoms. The van der Waals surface area contributed by atoms with Gasteiger partial charge in [0.05, 0.1) is 23.9 Å². The monoisotopic (exact) mass is 600 g/mol. The van der Waals surface area contributed by atoms with Crippen molar-refractivity contribution in [2.75, 3.05) is 24.6 Å². The molecular formula is C32H32N4O6S. The smallest absolute Gasteiger partial charge is 0.264 e. The number of nitrogens with zero attached hydrogens (tertiary/aromatic N) is 2. The molecule has 10 nitrogen and oxygen atoms in total. The number of hydrazone groups is 1. The molecule has 0 aliphatic rings. The van der Waals surface area contributed by atoms with Crippen LogP contribution >= 0.6 is 0 Å². The van der Waals surface area contributed by atoms with Gasteiger partial charge in [0, 0.05) is 6.54 Å². The van der Waals surface area contributed by atoms with E-state index in [4.69, 9.17) is 9.47 Å². The van der Waals surface area contributed by atoms with Crippen molar-refractivity contribution >= 4 is 33.7 Å². The van der Waals surface area contributed by atoms with Gasteiger partial charge in [-0.3, -0.25) is 13.9 Å². The van der Waals surface area contributed by atoms with E-state index < -0.39 is 22.5 Å². The molecule has 0 radical (unpaired) electrons. The van der Waals surface area contributed by atoms with Gasteiger partial charge in [0.15, 0.2) is 6.61 Å². The molecule has 4 aromatic rings. The number of hydrogen-bond donors (Lipinski definition) is 2. The van der Waals surface area contributed by atoms with Gasteiger partial charge in [-0.1, -0.05) is 48.0 Å². The van der Waals surface area contributed by atoms with Crippen LogP contribution in [0.25, 0.3) is 0 Å². The van der Waals surface area contributed by atoms with Crippen LogP contribution in [0.4, 0.5) is 5.69 Å². The first-order chi connectivity index (χ1) is 20.7. The molecule has 0 bridgehead atoms. The third-order valence-corrected chi connectivity index (χ3v) is 8.03. The van der Waals surface area contributed by atoms with Crippen LogP contribution in [0, 0.1) is 6.92 Å². The van der Waals surface area contributed by atoms with E-state index in [0.717, 1.165) is 15.4 Å². The molecule has 0 aliphatic carbocycles. The zero-order chi connectivity index (χ0) is 30.7. The average molecular weight is 601 g/mol. The van der Waals surface area contributed by atoms with E-state index in [2.05, 4.69) is 15.8 Å². The summed E-state index contributed by atoms with van der Waals surface area (Å²) in [5.74, 6) is 0.131. The quantitative estimate of drug-likeness (QED) is 0.176. The second kappa shape index (κ2) is 14.6. The summed E-state index contributed by atoms with van der Waals surface area (Å²) in [7, 11) is -2.59. The fraction of sp³-hybridized carbons (Fsp3) is 0.156. The van der Waals surface area contributed by atoms with Crippen LogP contribution < -0.4 is 24.5 Å². The van der Waals surface area contributed by atoms with Gasteiger partial charge in [-0.15, -0.1) is 0 Å². The lowest BCUT2D eigenvalue weighted by Crippen LogP contribution is -2.39. The van der Waals surface area contributed by atoms with Crippen LogP contribution in [0.5, 0.6) is 11.5 Å². The number of sulfonamides is 1. The predicted octanol–water partition coefficient (Wildman–Crippen LogP) is 4.04. The normalized spacial score (nSPS) is 11.1. The topological polar surface area (TPSA) is 126 Å². The molecule has 0 fully saturated rings. The van der Waals surface area contributed by atoms with Crippen molar-refractivity contribution in [1.82, 2.24) is 10.7 Å². The minimum absolute atomic E-state index is 0.0150. The molecule has 0 atom stereocenters. The maximum absolute atomic E-state index is 13.5. The van der Waals surface area contributed by atoms with Crippen molar-refractivity contribution in [2.24, 2.45) is 5.10 Å². The summed E-state index contributed by atoms with van der Waals surface area (Å²) >= 11 is 0. The molecule has 4 aromatic carbocycles. The number of anilines is 1. The summed E-state index contributed by atoms with van der Waals surface area (Å²) in [5.41, 5.74) is 5.32. The summed E-state index contributed by atoms with van der Waals surface area (Å²) in [4.78, 5) is 24.9. The van der Waals surface area contributed by atoms with E-state index >= 15 is 0 Å². The molecule has 0 saturated heterocycles. The SMILES string of the molecule is COc1ccc(S(=O)(=O)N(CC(=O)N/N=C\c2ccc(OCC(=O)NCc3ccccc3)cc2)c2ccc(C)cc2)cc1. The van der Waals surface area contributed by atoms with Crippen molar-refractivity contribution in [1.29, 1.82) is 0 Å². The number of aryl methyl sites for hydroxylation is 1. The van der Waals surface area contributed by atoms with Gasteiger partial charge in [-0.05, 0) is 78.7 Å². The molecule has 0 unspecified atom stereocenters. The molecule has 43 heavy (non-hydrogen) atoms. The first-order valence-electron chi connectivity index (χ1n) is 13.3. The minimum atomic E-state index is -4.08. The Hall–Kier alpha value is -5.16. The molecule has 0 aliphatic heterocycles. The molecule has 4 rings (SSSR count). The van der Waals surface area contributed by atoms with Gasteiger partial charge in [-0.25, -0.2) is 13.8 Å². The van der Waals surface area contributed by atoms with Crippen molar-refractivity contribution in [3.63, 3.8) is 0 Å². The van der Waals surface area contributed by atoms with Crippen molar-refractivity contribution in [3.8, 4) is 11.5 Å². The van der Waals surface area contributed by atoms with Crippen molar-refractivity contribution in [3.05, 3.63) is 120 Å². The maximum atomic E-state index is 13.5. The lowest BCUT2D eigenvalue weighted by Gasteiger charge is -2.24.